The van der Waals surface area contributed by atoms with Gasteiger partial charge in [0, 0.05) is 12.8 Å². The van der Waals surface area contributed by atoms with Crippen LogP contribution in [0.2, 0.25) is 0 Å². The summed E-state index contributed by atoms with van der Waals surface area (Å²) in [4.78, 5) is 34.8. The number of nitrogens with zero attached hydrogens (tertiary/aromatic N) is 1. The van der Waals surface area contributed by atoms with E-state index in [0.717, 1.165) is 57.8 Å². The molecule has 0 amide bonds. The van der Waals surface area contributed by atoms with Gasteiger partial charge < -0.3 is 18.9 Å². The summed E-state index contributed by atoms with van der Waals surface area (Å²) >= 11 is 0. The van der Waals surface area contributed by atoms with Crippen LogP contribution in [0.25, 0.3) is 0 Å². The van der Waals surface area contributed by atoms with Gasteiger partial charge in [0.05, 0.1) is 27.7 Å². The Morgan fingerprint density at radius 1 is 0.714 bits per heavy atom. The summed E-state index contributed by atoms with van der Waals surface area (Å²) in [5.74, 6) is -0.819. The van der Waals surface area contributed by atoms with E-state index >= 15 is 0 Å². The number of unbranched alkanes of at least 4 members (excludes halogenated alkanes) is 13. The lowest BCUT2D eigenvalue weighted by molar-refractivity contribution is -0.870. The zero-order valence-corrected chi connectivity index (χ0v) is 28.4. The average Bonchev–Trinajstić information content (AvgIpc) is 2.92. The molecule has 42 heavy (non-hydrogen) atoms. The van der Waals surface area contributed by atoms with E-state index in [1.165, 1.54) is 38.5 Å². The van der Waals surface area contributed by atoms with E-state index in [4.69, 9.17) is 18.5 Å². The average molecular weight is 621 g/mol. The molecular weight excluding hydrogens is 557 g/mol. The number of esters is 2. The molecule has 0 spiro atoms. The van der Waals surface area contributed by atoms with Crippen LogP contribution in [-0.2, 0) is 32.7 Å². The zero-order chi connectivity index (χ0) is 31.5. The summed E-state index contributed by atoms with van der Waals surface area (Å²) in [6.45, 7) is 4.29. The predicted octanol–water partition coefficient (Wildman–Crippen LogP) is 7.90. The Bertz CT molecular complexity index is 753. The van der Waals surface area contributed by atoms with Crippen LogP contribution in [-0.4, -0.2) is 74.9 Å². The topological polar surface area (TPSA) is 108 Å². The molecule has 0 bridgehead atoms. The van der Waals surface area contributed by atoms with E-state index in [9.17, 15) is 19.0 Å². The van der Waals surface area contributed by atoms with Gasteiger partial charge in [-0.2, -0.15) is 0 Å². The van der Waals surface area contributed by atoms with Crippen LogP contribution in [0.3, 0.4) is 0 Å². The maximum Gasteiger partial charge on any atom is 0.472 e. The smallest absolute Gasteiger partial charge is 0.462 e. The Morgan fingerprint density at radius 3 is 1.83 bits per heavy atom. The number of hydrogen-bond donors (Lipinski definition) is 1. The Kier molecular flexibility index (Phi) is 25.4. The molecule has 0 aliphatic rings. The number of phosphoric acid groups is 1. The number of quaternary nitrogens is 1. The lowest BCUT2D eigenvalue weighted by Gasteiger charge is -2.24. The van der Waals surface area contributed by atoms with Crippen molar-refractivity contribution in [3.63, 3.8) is 0 Å². The summed E-state index contributed by atoms with van der Waals surface area (Å²) < 4.78 is 33.9. The predicted molar refractivity (Wildman–Crippen MR) is 169 cm³/mol. The largest absolute Gasteiger partial charge is 0.472 e. The molecule has 248 valence electrons. The van der Waals surface area contributed by atoms with Crippen molar-refractivity contribution in [2.75, 3.05) is 47.5 Å². The third-order valence-electron chi connectivity index (χ3n) is 6.80. The highest BCUT2D eigenvalue weighted by Crippen LogP contribution is 2.43. The third-order valence-corrected chi connectivity index (χ3v) is 7.78. The van der Waals surface area contributed by atoms with E-state index in [-0.39, 0.29) is 32.0 Å². The highest BCUT2D eigenvalue weighted by Gasteiger charge is 2.27. The Balaban J connectivity index is 4.53. The molecule has 0 heterocycles. The van der Waals surface area contributed by atoms with Crippen LogP contribution in [0, 0.1) is 0 Å². The van der Waals surface area contributed by atoms with Gasteiger partial charge in [0.2, 0.25) is 0 Å². The second-order valence-corrected chi connectivity index (χ2v) is 13.7. The standard InChI is InChI=1S/C32H62NO8P/c1-6-8-10-12-14-15-16-17-19-21-23-25-32(35)41-30(29-40-42(36,37)39-27-26-33(3,4)5)28-38-31(34)24-22-20-18-13-11-9-7-2/h12,14,30H,6-11,13,15-29H2,1-5H3/p+1/b14-12-/t30-/m0/s1. The maximum absolute atomic E-state index is 12.5. The van der Waals surface area contributed by atoms with Crippen LogP contribution in [0.15, 0.2) is 12.2 Å². The van der Waals surface area contributed by atoms with Gasteiger partial charge in [-0.05, 0) is 32.1 Å². The molecule has 0 aromatic carbocycles. The zero-order valence-electron chi connectivity index (χ0n) is 27.5. The van der Waals surface area contributed by atoms with Crippen molar-refractivity contribution in [2.24, 2.45) is 0 Å². The van der Waals surface area contributed by atoms with E-state index in [2.05, 4.69) is 26.0 Å². The summed E-state index contributed by atoms with van der Waals surface area (Å²) in [5, 5.41) is 0. The highest BCUT2D eigenvalue weighted by atomic mass is 31.2. The molecule has 0 radical (unpaired) electrons. The summed E-state index contributed by atoms with van der Waals surface area (Å²) in [7, 11) is 1.47. The molecule has 0 fully saturated rings. The number of carbonyl (C=O) groups is 2. The van der Waals surface area contributed by atoms with Crippen molar-refractivity contribution in [3.8, 4) is 0 Å². The molecule has 0 saturated heterocycles. The molecule has 0 rings (SSSR count). The number of likely N-dealkylation sites (N-methyl/N-ethyl adjacent to an activating group) is 1. The van der Waals surface area contributed by atoms with Crippen LogP contribution < -0.4 is 0 Å². The van der Waals surface area contributed by atoms with Gasteiger partial charge in [-0.15, -0.1) is 0 Å². The number of hydrogen-bond acceptors (Lipinski definition) is 7. The minimum Gasteiger partial charge on any atom is -0.462 e. The first-order chi connectivity index (χ1) is 20.0. The Labute approximate surface area is 256 Å². The van der Waals surface area contributed by atoms with Gasteiger partial charge in [-0.3, -0.25) is 18.6 Å². The molecule has 1 N–H and O–H groups in total. The summed E-state index contributed by atoms with van der Waals surface area (Å²) in [5.41, 5.74) is 0. The first-order valence-corrected chi connectivity index (χ1v) is 17.9. The van der Waals surface area contributed by atoms with E-state index in [0.29, 0.717) is 17.4 Å². The fraction of sp³-hybridized carbons (Fsp3) is 0.875. The van der Waals surface area contributed by atoms with Crippen molar-refractivity contribution in [2.45, 2.75) is 136 Å². The number of ether oxygens (including phenoxy) is 2. The van der Waals surface area contributed by atoms with Crippen LogP contribution >= 0.6 is 7.82 Å². The van der Waals surface area contributed by atoms with Crippen molar-refractivity contribution in [3.05, 3.63) is 12.2 Å². The molecule has 10 heteroatoms. The fourth-order valence-electron chi connectivity index (χ4n) is 4.11. The van der Waals surface area contributed by atoms with E-state index < -0.39 is 26.5 Å². The minimum absolute atomic E-state index is 0.0321. The van der Waals surface area contributed by atoms with Gasteiger partial charge >= 0.3 is 19.8 Å². The molecular formula is C32H63NO8P+. The molecule has 0 aliphatic heterocycles. The fourth-order valence-corrected chi connectivity index (χ4v) is 4.85. The lowest BCUT2D eigenvalue weighted by Crippen LogP contribution is -2.37. The Hall–Kier alpha value is -1.25. The second kappa shape index (κ2) is 26.2. The van der Waals surface area contributed by atoms with Crippen LogP contribution in [0.5, 0.6) is 0 Å². The lowest BCUT2D eigenvalue weighted by atomic mass is 10.1. The summed E-state index contributed by atoms with van der Waals surface area (Å²) in [6, 6.07) is 0. The van der Waals surface area contributed by atoms with E-state index in [1.807, 2.05) is 21.1 Å². The SMILES string of the molecule is CCCC/C=C\CCCCCCCC(=O)O[C@@H](COC(=O)CCCCCCCCC)COP(=O)(O)OCC[N+](C)(C)C. The number of allylic oxidation sites excluding steroid dienone is 2. The van der Waals surface area contributed by atoms with Gasteiger partial charge in [-0.25, -0.2) is 4.57 Å². The summed E-state index contributed by atoms with van der Waals surface area (Å²) in [6.07, 6.45) is 21.4. The van der Waals surface area contributed by atoms with Gasteiger partial charge in [0.25, 0.3) is 0 Å². The third kappa shape index (κ3) is 28.9. The second-order valence-electron chi connectivity index (χ2n) is 12.2. The van der Waals surface area contributed by atoms with Gasteiger partial charge in [0.15, 0.2) is 6.10 Å². The van der Waals surface area contributed by atoms with E-state index in [1.54, 1.807) is 0 Å². The minimum atomic E-state index is -4.35. The molecule has 0 aliphatic carbocycles. The number of phosphoric ester groups is 1. The molecule has 9 nitrogen and oxygen atoms in total. The highest BCUT2D eigenvalue weighted by molar-refractivity contribution is 7.47. The molecule has 0 aromatic heterocycles. The van der Waals surface area contributed by atoms with Crippen LogP contribution in [0.1, 0.15) is 129 Å². The van der Waals surface area contributed by atoms with Crippen molar-refractivity contribution in [1.82, 2.24) is 0 Å². The number of rotatable bonds is 29. The van der Waals surface area contributed by atoms with Gasteiger partial charge in [0.1, 0.15) is 19.8 Å². The van der Waals surface area contributed by atoms with Crippen molar-refractivity contribution >= 4 is 19.8 Å². The molecule has 0 saturated carbocycles. The number of carbonyl (C=O) groups excluding carboxylic acids is 2. The first-order valence-electron chi connectivity index (χ1n) is 16.4. The monoisotopic (exact) mass is 620 g/mol. The molecule has 1 unspecified atom stereocenters. The van der Waals surface area contributed by atoms with Gasteiger partial charge in [-0.1, -0.05) is 96.6 Å². The molecule has 0 aromatic rings. The van der Waals surface area contributed by atoms with Crippen LogP contribution in [0.4, 0.5) is 0 Å². The Morgan fingerprint density at radius 2 is 1.24 bits per heavy atom. The first kappa shape index (κ1) is 40.8. The normalized spacial score (nSPS) is 14.1. The maximum atomic E-state index is 12.5. The van der Waals surface area contributed by atoms with Crippen molar-refractivity contribution in [1.29, 1.82) is 0 Å². The quantitative estimate of drug-likeness (QED) is 0.0296. The van der Waals surface area contributed by atoms with Crippen molar-refractivity contribution < 1.29 is 42.1 Å². The molecule has 2 atom stereocenters.